The van der Waals surface area contributed by atoms with Gasteiger partial charge >= 0.3 is 0 Å². The van der Waals surface area contributed by atoms with Crippen molar-refractivity contribution in [2.45, 2.75) is 12.8 Å². The first-order valence-corrected chi connectivity index (χ1v) is 5.70. The van der Waals surface area contributed by atoms with Gasteiger partial charge in [0.2, 0.25) is 0 Å². The number of ketones is 1. The van der Waals surface area contributed by atoms with E-state index in [9.17, 15) is 4.79 Å². The van der Waals surface area contributed by atoms with E-state index in [1.807, 2.05) is 43.3 Å². The number of anilines is 1. The smallest absolute Gasteiger partial charge is 0.158 e. The number of hydrogen-bond donors (Lipinski definition) is 1. The number of aliphatic hydroxyl groups is 1. The van der Waals surface area contributed by atoms with Crippen LogP contribution in [0.3, 0.4) is 0 Å². The first-order chi connectivity index (χ1) is 8.13. The van der Waals surface area contributed by atoms with Crippen LogP contribution >= 0.6 is 0 Å². The minimum absolute atomic E-state index is 0.113. The van der Waals surface area contributed by atoms with E-state index < -0.39 is 0 Å². The number of allylic oxidation sites excluding steroid dienone is 1. The molecule has 0 saturated heterocycles. The number of carbonyl (C=O) groups is 1. The summed E-state index contributed by atoms with van der Waals surface area (Å²) in [6.07, 6.45) is 5.03. The van der Waals surface area contributed by atoms with Crippen molar-refractivity contribution in [1.82, 2.24) is 0 Å². The van der Waals surface area contributed by atoms with Crippen molar-refractivity contribution in [3.63, 3.8) is 0 Å². The average molecular weight is 233 g/mol. The maximum Gasteiger partial charge on any atom is 0.158 e. The summed E-state index contributed by atoms with van der Waals surface area (Å²) in [4.78, 5) is 12.9. The summed E-state index contributed by atoms with van der Waals surface area (Å²) in [6, 6.07) is 8.19. The molecular weight excluding hydrogens is 214 g/mol. The van der Waals surface area contributed by atoms with E-state index in [1.54, 1.807) is 0 Å². The second-order valence-electron chi connectivity index (χ2n) is 4.12. The topological polar surface area (TPSA) is 40.5 Å². The SMILES string of the molecule is CN(C)c1ccc(/C=C/CCC(=O)CO)cc1. The third-order valence-electron chi connectivity index (χ3n) is 2.49. The fourth-order valence-corrected chi connectivity index (χ4v) is 1.43. The molecule has 0 radical (unpaired) electrons. The number of benzene rings is 1. The molecule has 3 nitrogen and oxygen atoms in total. The van der Waals surface area contributed by atoms with E-state index in [4.69, 9.17) is 5.11 Å². The van der Waals surface area contributed by atoms with Crippen molar-refractivity contribution in [3.8, 4) is 0 Å². The lowest BCUT2D eigenvalue weighted by Gasteiger charge is -2.11. The van der Waals surface area contributed by atoms with Crippen LogP contribution in [0.4, 0.5) is 5.69 Å². The Balaban J connectivity index is 2.46. The highest BCUT2D eigenvalue weighted by Gasteiger charge is 1.96. The van der Waals surface area contributed by atoms with Gasteiger partial charge < -0.3 is 10.0 Å². The van der Waals surface area contributed by atoms with Crippen LogP contribution in [0.15, 0.2) is 30.3 Å². The molecule has 1 rings (SSSR count). The Morgan fingerprint density at radius 1 is 1.29 bits per heavy atom. The van der Waals surface area contributed by atoms with E-state index in [0.29, 0.717) is 12.8 Å². The molecule has 0 aliphatic rings. The summed E-state index contributed by atoms with van der Waals surface area (Å²) in [7, 11) is 4.01. The van der Waals surface area contributed by atoms with Gasteiger partial charge in [-0.25, -0.2) is 0 Å². The molecule has 0 aromatic heterocycles. The second-order valence-corrected chi connectivity index (χ2v) is 4.12. The van der Waals surface area contributed by atoms with E-state index >= 15 is 0 Å². The Hall–Kier alpha value is -1.61. The number of hydrogen-bond acceptors (Lipinski definition) is 3. The summed E-state index contributed by atoms with van der Waals surface area (Å²) >= 11 is 0. The highest BCUT2D eigenvalue weighted by molar-refractivity contribution is 5.79. The molecule has 92 valence electrons. The third kappa shape index (κ3) is 4.83. The molecule has 0 spiro atoms. The monoisotopic (exact) mass is 233 g/mol. The van der Waals surface area contributed by atoms with Crippen molar-refractivity contribution in [2.75, 3.05) is 25.6 Å². The van der Waals surface area contributed by atoms with Gasteiger partial charge in [-0.2, -0.15) is 0 Å². The van der Waals surface area contributed by atoms with Crippen molar-refractivity contribution in [3.05, 3.63) is 35.9 Å². The predicted molar refractivity (Wildman–Crippen MR) is 71.1 cm³/mol. The largest absolute Gasteiger partial charge is 0.389 e. The number of aliphatic hydroxyl groups excluding tert-OH is 1. The fourth-order valence-electron chi connectivity index (χ4n) is 1.43. The van der Waals surface area contributed by atoms with Crippen LogP contribution in [0.25, 0.3) is 6.08 Å². The molecule has 0 aliphatic carbocycles. The highest BCUT2D eigenvalue weighted by atomic mass is 16.3. The lowest BCUT2D eigenvalue weighted by molar-refractivity contribution is -0.121. The Kier molecular flexibility index (Phi) is 5.43. The van der Waals surface area contributed by atoms with Crippen LogP contribution in [-0.2, 0) is 4.79 Å². The fraction of sp³-hybridized carbons (Fsp3) is 0.357. The van der Waals surface area contributed by atoms with Gasteiger partial charge in [0.1, 0.15) is 6.61 Å². The molecule has 0 amide bonds. The van der Waals surface area contributed by atoms with Crippen LogP contribution in [0.1, 0.15) is 18.4 Å². The summed E-state index contributed by atoms with van der Waals surface area (Å²) in [5.74, 6) is -0.113. The minimum Gasteiger partial charge on any atom is -0.389 e. The van der Waals surface area contributed by atoms with Gasteiger partial charge in [0.05, 0.1) is 0 Å². The molecule has 0 fully saturated rings. The molecule has 1 N–H and O–H groups in total. The molecule has 0 bridgehead atoms. The minimum atomic E-state index is -0.356. The third-order valence-corrected chi connectivity index (χ3v) is 2.49. The van der Waals surface area contributed by atoms with Crippen LogP contribution < -0.4 is 4.90 Å². The summed E-state index contributed by atoms with van der Waals surface area (Å²) < 4.78 is 0. The van der Waals surface area contributed by atoms with E-state index in [1.165, 1.54) is 0 Å². The van der Waals surface area contributed by atoms with Gasteiger partial charge in [-0.15, -0.1) is 0 Å². The molecule has 1 aromatic carbocycles. The molecule has 0 atom stereocenters. The predicted octanol–water partition coefficient (Wildman–Crippen LogP) is 2.11. The number of nitrogens with zero attached hydrogens (tertiary/aromatic N) is 1. The Morgan fingerprint density at radius 2 is 1.94 bits per heavy atom. The van der Waals surface area contributed by atoms with Crippen molar-refractivity contribution >= 4 is 17.5 Å². The number of Topliss-reactive ketones (excluding diaryl/α,β-unsaturated/α-hetero) is 1. The Bertz CT molecular complexity index is 380. The van der Waals surface area contributed by atoms with Crippen molar-refractivity contribution in [1.29, 1.82) is 0 Å². The second kappa shape index (κ2) is 6.86. The first kappa shape index (κ1) is 13.5. The van der Waals surface area contributed by atoms with Crippen LogP contribution in [-0.4, -0.2) is 31.6 Å². The van der Waals surface area contributed by atoms with Gasteiger partial charge in [-0.1, -0.05) is 24.3 Å². The zero-order valence-electron chi connectivity index (χ0n) is 10.4. The van der Waals surface area contributed by atoms with E-state index in [2.05, 4.69) is 12.1 Å². The van der Waals surface area contributed by atoms with Gasteiger partial charge in [-0.05, 0) is 24.1 Å². The summed E-state index contributed by atoms with van der Waals surface area (Å²) in [5.41, 5.74) is 2.28. The first-order valence-electron chi connectivity index (χ1n) is 5.70. The average Bonchev–Trinajstić information content (AvgIpc) is 2.34. The molecule has 1 aromatic rings. The molecule has 3 heteroatoms. The number of carbonyl (C=O) groups excluding carboxylic acids is 1. The van der Waals surface area contributed by atoms with Gasteiger partial charge in [0.15, 0.2) is 5.78 Å². The number of rotatable bonds is 6. The van der Waals surface area contributed by atoms with Crippen LogP contribution in [0.5, 0.6) is 0 Å². The van der Waals surface area contributed by atoms with Gasteiger partial charge in [-0.3, -0.25) is 4.79 Å². The molecule has 0 unspecified atom stereocenters. The lowest BCUT2D eigenvalue weighted by atomic mass is 10.1. The standard InChI is InChI=1S/C14H19NO2/c1-15(2)13-9-7-12(8-10-13)5-3-4-6-14(17)11-16/h3,5,7-10,16H,4,6,11H2,1-2H3/b5-3+. The lowest BCUT2D eigenvalue weighted by Crippen LogP contribution is -2.07. The molecule has 0 saturated carbocycles. The van der Waals surface area contributed by atoms with Crippen LogP contribution in [0, 0.1) is 0 Å². The molecule has 0 heterocycles. The Morgan fingerprint density at radius 3 is 2.47 bits per heavy atom. The highest BCUT2D eigenvalue weighted by Crippen LogP contribution is 2.13. The maximum absolute atomic E-state index is 10.9. The van der Waals surface area contributed by atoms with Gasteiger partial charge in [0.25, 0.3) is 0 Å². The Labute approximate surface area is 102 Å². The molecule has 0 aliphatic heterocycles. The quantitative estimate of drug-likeness (QED) is 0.818. The normalized spacial score (nSPS) is 10.8. The molecule has 17 heavy (non-hydrogen) atoms. The zero-order chi connectivity index (χ0) is 12.7. The summed E-state index contributed by atoms with van der Waals surface area (Å²) in [6.45, 7) is -0.356. The van der Waals surface area contributed by atoms with E-state index in [0.717, 1.165) is 11.3 Å². The van der Waals surface area contributed by atoms with Crippen LogP contribution in [0.2, 0.25) is 0 Å². The zero-order valence-corrected chi connectivity index (χ0v) is 10.4. The van der Waals surface area contributed by atoms with Crippen molar-refractivity contribution in [2.24, 2.45) is 0 Å². The maximum atomic E-state index is 10.9. The van der Waals surface area contributed by atoms with Gasteiger partial charge in [0, 0.05) is 26.2 Å². The van der Waals surface area contributed by atoms with E-state index in [-0.39, 0.29) is 12.4 Å². The van der Waals surface area contributed by atoms with Crippen molar-refractivity contribution < 1.29 is 9.90 Å². The molecular formula is C14H19NO2. The summed E-state index contributed by atoms with van der Waals surface area (Å²) in [5, 5.41) is 8.56.